The van der Waals surface area contributed by atoms with Crippen molar-refractivity contribution in [2.45, 2.75) is 0 Å². The molecule has 8 nitrogen and oxygen atoms in total. The van der Waals surface area contributed by atoms with E-state index in [4.69, 9.17) is 15.2 Å². The van der Waals surface area contributed by atoms with Gasteiger partial charge in [-0.25, -0.2) is 9.97 Å². The average molecular weight is 339 g/mol. The van der Waals surface area contributed by atoms with Gasteiger partial charge >= 0.3 is 0 Å². The van der Waals surface area contributed by atoms with Crippen molar-refractivity contribution in [3.8, 4) is 5.88 Å². The molecule has 2 heterocycles. The summed E-state index contributed by atoms with van der Waals surface area (Å²) in [5.41, 5.74) is 7.17. The van der Waals surface area contributed by atoms with Gasteiger partial charge in [0.25, 0.3) is 5.91 Å². The van der Waals surface area contributed by atoms with Crippen molar-refractivity contribution in [1.29, 1.82) is 0 Å². The Kier molecular flexibility index (Phi) is 5.00. The summed E-state index contributed by atoms with van der Waals surface area (Å²) in [6.07, 6.45) is 0. The number of pyridine rings is 1. The van der Waals surface area contributed by atoms with Gasteiger partial charge in [-0.05, 0) is 24.3 Å². The number of carbonyl (C=O) groups excluding carboxylic acids is 1. The molecule has 0 atom stereocenters. The first kappa shape index (κ1) is 16.6. The largest absolute Gasteiger partial charge is 0.474 e. The minimum Gasteiger partial charge on any atom is -0.474 e. The third kappa shape index (κ3) is 3.99. The Morgan fingerprint density at radius 2 is 1.88 bits per heavy atom. The quantitative estimate of drug-likeness (QED) is 0.659. The zero-order chi connectivity index (χ0) is 17.6. The van der Waals surface area contributed by atoms with Crippen LogP contribution in [0.2, 0.25) is 0 Å². The summed E-state index contributed by atoms with van der Waals surface area (Å²) < 4.78 is 10.5. The van der Waals surface area contributed by atoms with E-state index in [-0.39, 0.29) is 17.7 Å². The molecule has 0 bridgehead atoms. The second-order valence-electron chi connectivity index (χ2n) is 5.11. The van der Waals surface area contributed by atoms with E-state index in [1.807, 2.05) is 6.07 Å². The van der Waals surface area contributed by atoms with Gasteiger partial charge in [0, 0.05) is 12.7 Å². The van der Waals surface area contributed by atoms with Gasteiger partial charge in [0.15, 0.2) is 5.52 Å². The average Bonchev–Trinajstić information content (AvgIpc) is 2.63. The summed E-state index contributed by atoms with van der Waals surface area (Å²) in [7, 11) is 1.57. The van der Waals surface area contributed by atoms with Gasteiger partial charge in [0.05, 0.1) is 12.1 Å². The lowest BCUT2D eigenvalue weighted by Crippen LogP contribution is -2.13. The number of nitrogen functional groups attached to an aromatic ring is 1. The number of nitrogens with two attached hydrogens (primary N) is 1. The van der Waals surface area contributed by atoms with E-state index < -0.39 is 0 Å². The Labute approximate surface area is 144 Å². The second-order valence-corrected chi connectivity index (χ2v) is 5.11. The van der Waals surface area contributed by atoms with Crippen LogP contribution in [0.5, 0.6) is 5.88 Å². The van der Waals surface area contributed by atoms with Gasteiger partial charge in [-0.15, -0.1) is 0 Å². The van der Waals surface area contributed by atoms with Crippen molar-refractivity contribution in [3.63, 3.8) is 0 Å². The molecule has 3 N–H and O–H groups in total. The molecule has 8 heteroatoms. The Morgan fingerprint density at radius 3 is 2.64 bits per heavy atom. The molecule has 3 aromatic rings. The first-order chi connectivity index (χ1) is 12.2. The summed E-state index contributed by atoms with van der Waals surface area (Å²) in [6, 6.07) is 12.2. The number of fused-ring (bicyclic) bond motifs is 1. The van der Waals surface area contributed by atoms with Crippen LogP contribution in [-0.2, 0) is 4.74 Å². The lowest BCUT2D eigenvalue weighted by molar-refractivity contribution is 0.102. The number of rotatable bonds is 6. The molecule has 1 amide bonds. The van der Waals surface area contributed by atoms with E-state index in [0.717, 1.165) is 0 Å². The van der Waals surface area contributed by atoms with Crippen LogP contribution in [-0.4, -0.2) is 41.2 Å². The zero-order valence-corrected chi connectivity index (χ0v) is 13.6. The summed E-state index contributed by atoms with van der Waals surface area (Å²) >= 11 is 0. The fourth-order valence-corrected chi connectivity index (χ4v) is 2.17. The minimum atomic E-state index is -0.259. The number of hydrogen-bond acceptors (Lipinski definition) is 7. The van der Waals surface area contributed by atoms with Crippen molar-refractivity contribution in [3.05, 3.63) is 48.0 Å². The molecule has 1 aromatic carbocycles. The lowest BCUT2D eigenvalue weighted by atomic mass is 10.2. The first-order valence-corrected chi connectivity index (χ1v) is 7.60. The lowest BCUT2D eigenvalue weighted by Gasteiger charge is -2.10. The number of benzene rings is 1. The minimum absolute atomic E-state index is 0.0859. The van der Waals surface area contributed by atoms with Gasteiger partial charge in [-0.1, -0.05) is 18.2 Å². The van der Waals surface area contributed by atoms with E-state index in [1.165, 1.54) is 0 Å². The molecule has 0 saturated heterocycles. The van der Waals surface area contributed by atoms with Crippen LogP contribution in [0.4, 0.5) is 11.8 Å². The SMILES string of the molecule is COCCOc1nc(N)nc2ccc(NC(=O)c3ccccc3)nc12. The number of carbonyl (C=O) groups is 1. The van der Waals surface area contributed by atoms with E-state index in [9.17, 15) is 4.79 Å². The highest BCUT2D eigenvalue weighted by Gasteiger charge is 2.12. The molecule has 0 saturated carbocycles. The number of nitrogens with one attached hydrogen (secondary N) is 1. The van der Waals surface area contributed by atoms with Crippen molar-refractivity contribution in [2.75, 3.05) is 31.4 Å². The fourth-order valence-electron chi connectivity index (χ4n) is 2.17. The van der Waals surface area contributed by atoms with Crippen LogP contribution in [0.25, 0.3) is 11.0 Å². The normalized spacial score (nSPS) is 10.6. The molecular formula is C17H17N5O3. The van der Waals surface area contributed by atoms with E-state index >= 15 is 0 Å². The highest BCUT2D eigenvalue weighted by Crippen LogP contribution is 2.23. The van der Waals surface area contributed by atoms with Crippen molar-refractivity contribution in [2.24, 2.45) is 0 Å². The molecule has 128 valence electrons. The zero-order valence-electron chi connectivity index (χ0n) is 13.6. The van der Waals surface area contributed by atoms with Gasteiger partial charge in [0.2, 0.25) is 11.8 Å². The van der Waals surface area contributed by atoms with Crippen LogP contribution >= 0.6 is 0 Å². The van der Waals surface area contributed by atoms with Gasteiger partial charge < -0.3 is 20.5 Å². The van der Waals surface area contributed by atoms with Crippen LogP contribution in [0.15, 0.2) is 42.5 Å². The molecule has 2 aromatic heterocycles. The molecule has 0 aliphatic carbocycles. The molecular weight excluding hydrogens is 322 g/mol. The van der Waals surface area contributed by atoms with E-state index in [1.54, 1.807) is 43.5 Å². The standard InChI is InChI=1S/C17H17N5O3/c1-24-9-10-25-16-14-12(19-17(18)22-16)7-8-13(20-14)21-15(23)11-5-3-2-4-6-11/h2-8H,9-10H2,1H3,(H2,18,19,22)(H,20,21,23). The number of ether oxygens (including phenoxy) is 2. The second kappa shape index (κ2) is 7.54. The monoisotopic (exact) mass is 339 g/mol. The van der Waals surface area contributed by atoms with Crippen LogP contribution in [0.3, 0.4) is 0 Å². The molecule has 0 fully saturated rings. The number of anilines is 2. The topological polar surface area (TPSA) is 112 Å². The third-order valence-electron chi connectivity index (χ3n) is 3.33. The molecule has 0 unspecified atom stereocenters. The number of hydrogen-bond donors (Lipinski definition) is 2. The predicted molar refractivity (Wildman–Crippen MR) is 93.5 cm³/mol. The van der Waals surface area contributed by atoms with Crippen LogP contribution in [0.1, 0.15) is 10.4 Å². The van der Waals surface area contributed by atoms with Crippen LogP contribution < -0.4 is 15.8 Å². The maximum Gasteiger partial charge on any atom is 0.256 e. The van der Waals surface area contributed by atoms with Gasteiger partial charge in [-0.3, -0.25) is 4.79 Å². The maximum atomic E-state index is 12.2. The van der Waals surface area contributed by atoms with E-state index in [0.29, 0.717) is 35.6 Å². The van der Waals surface area contributed by atoms with Crippen molar-refractivity contribution < 1.29 is 14.3 Å². The first-order valence-electron chi connectivity index (χ1n) is 7.60. The van der Waals surface area contributed by atoms with Gasteiger partial charge in [-0.2, -0.15) is 4.98 Å². The number of methoxy groups -OCH3 is 1. The fraction of sp³-hybridized carbons (Fsp3) is 0.176. The summed E-state index contributed by atoms with van der Waals surface area (Å²) in [5.74, 6) is 0.440. The highest BCUT2D eigenvalue weighted by atomic mass is 16.5. The predicted octanol–water partition coefficient (Wildman–Crippen LogP) is 1.88. The van der Waals surface area contributed by atoms with Crippen LogP contribution in [0, 0.1) is 0 Å². The molecule has 0 spiro atoms. The molecule has 0 radical (unpaired) electrons. The molecule has 0 aliphatic rings. The summed E-state index contributed by atoms with van der Waals surface area (Å²) in [4.78, 5) is 24.8. The summed E-state index contributed by atoms with van der Waals surface area (Å²) in [6.45, 7) is 0.695. The number of aromatic nitrogens is 3. The molecule has 3 rings (SSSR count). The third-order valence-corrected chi connectivity index (χ3v) is 3.33. The molecule has 0 aliphatic heterocycles. The Balaban J connectivity index is 1.88. The summed E-state index contributed by atoms with van der Waals surface area (Å²) in [5, 5.41) is 2.74. The van der Waals surface area contributed by atoms with Gasteiger partial charge in [0.1, 0.15) is 12.4 Å². The number of amides is 1. The van der Waals surface area contributed by atoms with E-state index in [2.05, 4.69) is 20.3 Å². The Bertz CT molecular complexity index is 886. The number of nitrogens with zero attached hydrogens (tertiary/aromatic N) is 3. The van der Waals surface area contributed by atoms with Crippen molar-refractivity contribution in [1.82, 2.24) is 15.0 Å². The Hall–Kier alpha value is -3.26. The Morgan fingerprint density at radius 1 is 1.08 bits per heavy atom. The smallest absolute Gasteiger partial charge is 0.256 e. The maximum absolute atomic E-state index is 12.2. The highest BCUT2D eigenvalue weighted by molar-refractivity contribution is 6.04. The van der Waals surface area contributed by atoms with Crippen molar-refractivity contribution >= 4 is 28.7 Å². The molecule has 25 heavy (non-hydrogen) atoms.